The fraction of sp³-hybridized carbons (Fsp3) is 0.933. The molecule has 15 nitrogen and oxygen atoms in total. The van der Waals surface area contributed by atoms with Gasteiger partial charge in [-0.1, -0.05) is 78.1 Å². The topological polar surface area (TPSA) is 231 Å². The number of aliphatic hydroxyl groups excluding tert-OH is 6. The summed E-state index contributed by atoms with van der Waals surface area (Å²) in [6.07, 6.45) is -2.98. The van der Waals surface area contributed by atoms with E-state index in [9.17, 15) is 40.2 Å². The Hall–Kier alpha value is -1.82. The number of hydrogen-bond acceptors (Lipinski definition) is 11. The summed E-state index contributed by atoms with van der Waals surface area (Å²) in [5, 5.41) is 73.2. The minimum atomic E-state index is -1.78. The maximum Gasteiger partial charge on any atom is 0.314 e. The number of carbonyl (C=O) groups is 2. The number of rotatable bonds is 20. The van der Waals surface area contributed by atoms with E-state index in [4.69, 9.17) is 14.2 Å². The van der Waals surface area contributed by atoms with E-state index in [0.29, 0.717) is 13.1 Å². The third-order valence-corrected chi connectivity index (χ3v) is 8.16. The van der Waals surface area contributed by atoms with E-state index >= 15 is 0 Å². The molecule has 2 rings (SSSR count). The molecule has 0 aromatic carbocycles. The Morgan fingerprint density at radius 2 is 0.867 bits per heavy atom. The van der Waals surface area contributed by atoms with Gasteiger partial charge >= 0.3 is 12.1 Å². The quantitative estimate of drug-likeness (QED) is 0.0784. The van der Waals surface area contributed by atoms with Gasteiger partial charge in [0.15, 0.2) is 12.6 Å². The van der Waals surface area contributed by atoms with Gasteiger partial charge in [0.25, 0.3) is 0 Å². The number of urea groups is 2. The number of carbonyl (C=O) groups excluding carboxylic acids is 2. The van der Waals surface area contributed by atoms with Crippen LogP contribution in [0.5, 0.6) is 0 Å². The largest absolute Gasteiger partial charge is 0.388 e. The Morgan fingerprint density at radius 1 is 0.511 bits per heavy atom. The lowest BCUT2D eigenvalue weighted by Gasteiger charge is -2.45. The van der Waals surface area contributed by atoms with Crippen LogP contribution in [-0.4, -0.2) is 130 Å². The van der Waals surface area contributed by atoms with Crippen molar-refractivity contribution in [1.29, 1.82) is 0 Å². The maximum absolute atomic E-state index is 12.2. The van der Waals surface area contributed by atoms with Gasteiger partial charge in [0.2, 0.25) is 0 Å². The zero-order chi connectivity index (χ0) is 33.2. The molecule has 0 radical (unpaired) electrons. The summed E-state index contributed by atoms with van der Waals surface area (Å²) in [6.45, 7) is 4.77. The summed E-state index contributed by atoms with van der Waals surface area (Å²) < 4.78 is 16.8. The van der Waals surface area contributed by atoms with Crippen LogP contribution in [0.15, 0.2) is 0 Å². The molecular weight excluding hydrogens is 592 g/mol. The van der Waals surface area contributed by atoms with Crippen molar-refractivity contribution in [2.24, 2.45) is 0 Å². The van der Waals surface area contributed by atoms with Gasteiger partial charge in [0, 0.05) is 26.2 Å². The van der Waals surface area contributed by atoms with Crippen molar-refractivity contribution in [2.75, 3.05) is 26.2 Å². The Kier molecular flexibility index (Phi) is 19.1. The van der Waals surface area contributed by atoms with Gasteiger partial charge < -0.3 is 66.1 Å². The lowest BCUT2D eigenvalue weighted by Crippen LogP contribution is -2.65. The van der Waals surface area contributed by atoms with E-state index in [2.05, 4.69) is 35.1 Å². The molecule has 0 spiro atoms. The van der Waals surface area contributed by atoms with Crippen molar-refractivity contribution < 1.29 is 54.4 Å². The number of ether oxygens (including phenoxy) is 3. The first kappa shape index (κ1) is 39.4. The second kappa shape index (κ2) is 21.9. The van der Waals surface area contributed by atoms with Crippen molar-refractivity contribution >= 4 is 12.1 Å². The number of amides is 4. The van der Waals surface area contributed by atoms with Crippen molar-refractivity contribution in [2.45, 2.75) is 152 Å². The Labute approximate surface area is 266 Å². The second-order valence-corrected chi connectivity index (χ2v) is 12.0. The minimum absolute atomic E-state index is 0.233. The lowest BCUT2D eigenvalue weighted by molar-refractivity contribution is -0.372. The van der Waals surface area contributed by atoms with Gasteiger partial charge in [-0.2, -0.15) is 0 Å². The molecular formula is C30H58N4O11. The van der Waals surface area contributed by atoms with Gasteiger partial charge in [-0.15, -0.1) is 0 Å². The van der Waals surface area contributed by atoms with Crippen LogP contribution in [0.2, 0.25) is 0 Å². The maximum atomic E-state index is 12.2. The van der Waals surface area contributed by atoms with Crippen LogP contribution < -0.4 is 21.3 Å². The number of unbranched alkanes of at least 4 members (excludes halogenated alkanes) is 10. The molecule has 0 saturated carbocycles. The Balaban J connectivity index is 1.82. The molecule has 0 aromatic rings. The summed E-state index contributed by atoms with van der Waals surface area (Å²) >= 11 is 0. The van der Waals surface area contributed by atoms with Crippen molar-refractivity contribution in [3.05, 3.63) is 0 Å². The van der Waals surface area contributed by atoms with Crippen LogP contribution in [0, 0.1) is 0 Å². The normalized spacial score (nSPS) is 31.7. The van der Waals surface area contributed by atoms with Gasteiger partial charge in [0.1, 0.15) is 48.8 Å². The highest BCUT2D eigenvalue weighted by atomic mass is 16.8. The lowest BCUT2D eigenvalue weighted by atomic mass is 9.97. The first-order chi connectivity index (χ1) is 21.6. The molecule has 2 saturated heterocycles. The van der Waals surface area contributed by atoms with E-state index in [-0.39, 0.29) is 13.1 Å². The average Bonchev–Trinajstić information content (AvgIpc) is 3.03. The molecule has 15 heteroatoms. The summed E-state index contributed by atoms with van der Waals surface area (Å²) in [5.74, 6) is 0. The third-order valence-electron chi connectivity index (χ3n) is 8.16. The van der Waals surface area contributed by atoms with Crippen LogP contribution in [0.1, 0.15) is 90.9 Å². The van der Waals surface area contributed by atoms with Gasteiger partial charge in [-0.3, -0.25) is 0 Å². The van der Waals surface area contributed by atoms with E-state index in [1.54, 1.807) is 0 Å². The van der Waals surface area contributed by atoms with E-state index in [1.807, 2.05) is 0 Å². The Bertz CT molecular complexity index is 765. The number of hydrogen-bond donors (Lipinski definition) is 10. The van der Waals surface area contributed by atoms with Crippen LogP contribution >= 0.6 is 0 Å². The molecule has 4 amide bonds. The molecule has 0 bridgehead atoms. The third kappa shape index (κ3) is 13.8. The van der Waals surface area contributed by atoms with Crippen LogP contribution in [0.25, 0.3) is 0 Å². The molecule has 10 atom stereocenters. The smallest absolute Gasteiger partial charge is 0.314 e. The molecule has 2 heterocycles. The van der Waals surface area contributed by atoms with Gasteiger partial charge in [-0.25, -0.2) is 9.59 Å². The average molecular weight is 651 g/mol. The van der Waals surface area contributed by atoms with Crippen molar-refractivity contribution in [3.63, 3.8) is 0 Å². The Morgan fingerprint density at radius 3 is 1.24 bits per heavy atom. The van der Waals surface area contributed by atoms with Gasteiger partial charge in [-0.05, 0) is 12.8 Å². The zero-order valence-corrected chi connectivity index (χ0v) is 26.8. The summed E-state index contributed by atoms with van der Waals surface area (Å²) in [6, 6.07) is -0.987. The number of aliphatic hydroxyl groups is 6. The van der Waals surface area contributed by atoms with Crippen molar-refractivity contribution in [3.8, 4) is 0 Å². The van der Waals surface area contributed by atoms with Crippen molar-refractivity contribution in [1.82, 2.24) is 21.3 Å². The molecule has 2 aliphatic rings. The van der Waals surface area contributed by atoms with Crippen LogP contribution in [0.4, 0.5) is 9.59 Å². The van der Waals surface area contributed by atoms with E-state index in [1.165, 1.54) is 12.8 Å². The van der Waals surface area contributed by atoms with Crippen LogP contribution in [0.3, 0.4) is 0 Å². The predicted molar refractivity (Wildman–Crippen MR) is 164 cm³/mol. The second-order valence-electron chi connectivity index (χ2n) is 12.0. The fourth-order valence-corrected chi connectivity index (χ4v) is 5.25. The first-order valence-electron chi connectivity index (χ1n) is 16.7. The fourth-order valence-electron chi connectivity index (χ4n) is 5.25. The molecule has 1 unspecified atom stereocenters. The summed E-state index contributed by atoms with van der Waals surface area (Å²) in [7, 11) is 0. The molecule has 2 fully saturated rings. The zero-order valence-electron chi connectivity index (χ0n) is 26.8. The summed E-state index contributed by atoms with van der Waals surface area (Å²) in [4.78, 5) is 24.4. The molecule has 2 aliphatic heterocycles. The summed E-state index contributed by atoms with van der Waals surface area (Å²) in [5.41, 5.74) is 0. The number of nitrogens with one attached hydrogen (secondary N) is 4. The molecule has 10 N–H and O–H groups in total. The molecule has 45 heavy (non-hydrogen) atoms. The highest BCUT2D eigenvalue weighted by molar-refractivity contribution is 5.74. The molecule has 0 aromatic heterocycles. The minimum Gasteiger partial charge on any atom is -0.388 e. The molecule has 264 valence electrons. The highest BCUT2D eigenvalue weighted by Gasteiger charge is 2.49. The predicted octanol–water partition coefficient (Wildman–Crippen LogP) is -0.0624. The first-order valence-corrected chi connectivity index (χ1v) is 16.7. The SMILES string of the molecule is CCCCCCCCNC(=O)NC[C@H]1O[C@H](OC2O[C@H](CNC(=O)NCCCCCCCC)[C@@H](O)[C@H](O)[C@H]2O)[C@H](O)[C@H](O)[C@@H]1O. The van der Waals surface area contributed by atoms with Gasteiger partial charge in [0.05, 0.1) is 0 Å². The standard InChI is InChI=1S/C30H58N4O11/c1-3-5-7-9-11-13-15-31-29(41)33-17-19-21(35)23(37)25(39)27(43-19)45-28-26(40)24(38)22(36)20(44-28)18-34-30(42)32-16-14-12-10-8-6-4-2/h19-28,35-40H,3-18H2,1-2H3,(H2,31,33,41)(H2,32,34,42)/t19-,20-,21-,22-,23-,24+,25-,26-,27-,28?/m1/s1. The monoisotopic (exact) mass is 650 g/mol. The molecule has 0 aliphatic carbocycles. The van der Waals surface area contributed by atoms with Crippen LogP contribution in [-0.2, 0) is 14.2 Å². The van der Waals surface area contributed by atoms with E-state index in [0.717, 1.165) is 64.2 Å². The van der Waals surface area contributed by atoms with E-state index < -0.39 is 73.5 Å². The highest BCUT2D eigenvalue weighted by Crippen LogP contribution is 2.28.